The van der Waals surface area contributed by atoms with Crippen LogP contribution in [0.15, 0.2) is 30.3 Å². The van der Waals surface area contributed by atoms with Crippen molar-refractivity contribution in [2.45, 2.75) is 57.1 Å². The van der Waals surface area contributed by atoms with E-state index in [1.54, 1.807) is 7.11 Å². The summed E-state index contributed by atoms with van der Waals surface area (Å²) in [4.78, 5) is 17.2. The van der Waals surface area contributed by atoms with Crippen molar-refractivity contribution in [2.24, 2.45) is 5.41 Å². The maximum absolute atomic E-state index is 12.8. The highest BCUT2D eigenvalue weighted by Crippen LogP contribution is 2.52. The number of rotatable bonds is 4. The summed E-state index contributed by atoms with van der Waals surface area (Å²) in [5.74, 6) is 0.129. The molecule has 2 aliphatic rings. The maximum atomic E-state index is 12.8. The number of amides is 1. The van der Waals surface area contributed by atoms with Crippen LogP contribution >= 0.6 is 0 Å². The van der Waals surface area contributed by atoms with Crippen molar-refractivity contribution in [1.29, 1.82) is 0 Å². The summed E-state index contributed by atoms with van der Waals surface area (Å²) in [6.45, 7) is 5.49. The lowest BCUT2D eigenvalue weighted by molar-refractivity contribution is -0.150. The molecule has 1 saturated carbocycles. The smallest absolute Gasteiger partial charge is 0.254 e. The Morgan fingerprint density at radius 3 is 2.23 bits per heavy atom. The summed E-state index contributed by atoms with van der Waals surface area (Å²) in [7, 11) is 6.03. The highest BCUT2D eigenvalue weighted by molar-refractivity contribution is 5.84. The van der Waals surface area contributed by atoms with Crippen molar-refractivity contribution in [3.8, 4) is 0 Å². The molecule has 26 heavy (non-hydrogen) atoms. The molecule has 1 aliphatic carbocycles. The van der Waals surface area contributed by atoms with Gasteiger partial charge in [0.05, 0.1) is 0 Å². The van der Waals surface area contributed by atoms with Crippen molar-refractivity contribution >= 4 is 5.91 Å². The minimum atomic E-state index is -0.725. The molecule has 4 nitrogen and oxygen atoms in total. The van der Waals surface area contributed by atoms with Gasteiger partial charge < -0.3 is 9.64 Å². The SMILES string of the molecule is COC(C)(C)C(=O)N1CCC2(CCC(c3ccccc3)(N(C)C)CC2)C1. The zero-order chi connectivity index (χ0) is 19.0. The van der Waals surface area contributed by atoms with Crippen LogP contribution in [0.25, 0.3) is 0 Å². The van der Waals surface area contributed by atoms with E-state index in [0.717, 1.165) is 32.4 Å². The fraction of sp³-hybridized carbons (Fsp3) is 0.682. The minimum absolute atomic E-state index is 0.121. The van der Waals surface area contributed by atoms with Gasteiger partial charge in [0.25, 0.3) is 5.91 Å². The van der Waals surface area contributed by atoms with Gasteiger partial charge in [-0.25, -0.2) is 0 Å². The fourth-order valence-corrected chi connectivity index (χ4v) is 4.92. The number of carbonyl (C=O) groups excluding carboxylic acids is 1. The van der Waals surface area contributed by atoms with E-state index in [1.807, 2.05) is 18.7 Å². The first kappa shape index (κ1) is 19.4. The number of likely N-dealkylation sites (tertiary alicyclic amines) is 1. The summed E-state index contributed by atoms with van der Waals surface area (Å²) in [6.07, 6.45) is 5.78. The van der Waals surface area contributed by atoms with E-state index < -0.39 is 5.60 Å². The van der Waals surface area contributed by atoms with Crippen molar-refractivity contribution in [2.75, 3.05) is 34.3 Å². The maximum Gasteiger partial charge on any atom is 0.254 e. The lowest BCUT2D eigenvalue weighted by Crippen LogP contribution is -2.49. The summed E-state index contributed by atoms with van der Waals surface area (Å²) < 4.78 is 5.41. The van der Waals surface area contributed by atoms with Crippen LogP contribution in [-0.2, 0) is 15.1 Å². The number of nitrogens with zero attached hydrogens (tertiary/aromatic N) is 2. The average Bonchev–Trinajstić information content (AvgIpc) is 3.06. The first-order chi connectivity index (χ1) is 12.2. The number of carbonyl (C=O) groups is 1. The van der Waals surface area contributed by atoms with Crippen molar-refractivity contribution in [3.63, 3.8) is 0 Å². The van der Waals surface area contributed by atoms with Crippen LogP contribution in [0.3, 0.4) is 0 Å². The summed E-state index contributed by atoms with van der Waals surface area (Å²) in [6, 6.07) is 10.9. The van der Waals surface area contributed by atoms with Crippen LogP contribution in [0.4, 0.5) is 0 Å². The zero-order valence-electron chi connectivity index (χ0n) is 17.0. The van der Waals surface area contributed by atoms with Crippen LogP contribution in [0.2, 0.25) is 0 Å². The molecule has 0 bridgehead atoms. The summed E-state index contributed by atoms with van der Waals surface area (Å²) >= 11 is 0. The van der Waals surface area contributed by atoms with Gasteiger partial charge in [-0.15, -0.1) is 0 Å². The third kappa shape index (κ3) is 3.29. The number of benzene rings is 1. The largest absolute Gasteiger partial charge is 0.369 e. The molecule has 0 N–H and O–H groups in total. The quantitative estimate of drug-likeness (QED) is 0.823. The zero-order valence-corrected chi connectivity index (χ0v) is 17.0. The van der Waals surface area contributed by atoms with Gasteiger partial charge in [0.2, 0.25) is 0 Å². The van der Waals surface area contributed by atoms with E-state index in [9.17, 15) is 4.79 Å². The van der Waals surface area contributed by atoms with Crippen LogP contribution in [0.5, 0.6) is 0 Å². The molecule has 0 radical (unpaired) electrons. The molecular formula is C22H34N2O2. The number of hydrogen-bond donors (Lipinski definition) is 0. The van der Waals surface area contributed by atoms with Gasteiger partial charge in [-0.05, 0) is 71.0 Å². The van der Waals surface area contributed by atoms with Gasteiger partial charge >= 0.3 is 0 Å². The third-order valence-electron chi connectivity index (χ3n) is 7.06. The minimum Gasteiger partial charge on any atom is -0.369 e. The Labute approximate surface area is 158 Å². The number of ether oxygens (including phenoxy) is 1. The van der Waals surface area contributed by atoms with Crippen molar-refractivity contribution in [3.05, 3.63) is 35.9 Å². The molecular weight excluding hydrogens is 324 g/mol. The van der Waals surface area contributed by atoms with Gasteiger partial charge in [0.15, 0.2) is 0 Å². The second-order valence-corrected chi connectivity index (χ2v) is 8.98. The Morgan fingerprint density at radius 1 is 1.08 bits per heavy atom. The molecule has 1 aromatic rings. The summed E-state index contributed by atoms with van der Waals surface area (Å²) in [5.41, 5.74) is 1.10. The van der Waals surface area contributed by atoms with E-state index in [2.05, 4.69) is 49.3 Å². The van der Waals surface area contributed by atoms with Gasteiger partial charge in [0.1, 0.15) is 5.60 Å². The molecule has 3 rings (SSSR count). The van der Waals surface area contributed by atoms with E-state index >= 15 is 0 Å². The van der Waals surface area contributed by atoms with E-state index in [4.69, 9.17) is 4.74 Å². The molecule has 0 unspecified atom stereocenters. The first-order valence-electron chi connectivity index (χ1n) is 9.82. The second kappa shape index (κ2) is 6.97. The normalized spacial score (nSPS) is 29.5. The van der Waals surface area contributed by atoms with Gasteiger partial charge in [-0.1, -0.05) is 30.3 Å². The molecule has 1 aliphatic heterocycles. The third-order valence-corrected chi connectivity index (χ3v) is 7.06. The average molecular weight is 359 g/mol. The molecule has 0 atom stereocenters. The van der Waals surface area contributed by atoms with Crippen LogP contribution < -0.4 is 0 Å². The number of methoxy groups -OCH3 is 1. The van der Waals surface area contributed by atoms with Gasteiger partial charge in [0, 0.05) is 25.7 Å². The Hall–Kier alpha value is -1.39. The molecule has 1 aromatic carbocycles. The molecule has 1 heterocycles. The van der Waals surface area contributed by atoms with Crippen LogP contribution in [0.1, 0.15) is 51.5 Å². The first-order valence-corrected chi connectivity index (χ1v) is 9.82. The molecule has 144 valence electrons. The molecule has 1 amide bonds. The predicted octanol–water partition coefficient (Wildman–Crippen LogP) is 3.66. The molecule has 4 heteroatoms. The van der Waals surface area contributed by atoms with Gasteiger partial charge in [-0.2, -0.15) is 0 Å². The Bertz CT molecular complexity index is 631. The van der Waals surface area contributed by atoms with Crippen LogP contribution in [0, 0.1) is 5.41 Å². The Balaban J connectivity index is 1.73. The van der Waals surface area contributed by atoms with E-state index in [1.165, 1.54) is 18.4 Å². The van der Waals surface area contributed by atoms with E-state index in [-0.39, 0.29) is 16.9 Å². The molecule has 1 spiro atoms. The van der Waals surface area contributed by atoms with E-state index in [0.29, 0.717) is 0 Å². The Kier molecular flexibility index (Phi) is 5.19. The highest BCUT2D eigenvalue weighted by Gasteiger charge is 2.49. The molecule has 0 aromatic heterocycles. The van der Waals surface area contributed by atoms with Gasteiger partial charge in [-0.3, -0.25) is 9.69 Å². The lowest BCUT2D eigenvalue weighted by atomic mass is 9.64. The summed E-state index contributed by atoms with van der Waals surface area (Å²) in [5, 5.41) is 0. The standard InChI is InChI=1S/C22H34N2O2/c1-20(2,26-5)19(25)24-16-15-21(17-24)11-13-22(14-12-21,23(3)4)18-9-7-6-8-10-18/h6-10H,11-17H2,1-5H3. The lowest BCUT2D eigenvalue weighted by Gasteiger charge is -2.49. The van der Waals surface area contributed by atoms with Crippen molar-refractivity contribution < 1.29 is 9.53 Å². The van der Waals surface area contributed by atoms with Crippen molar-refractivity contribution in [1.82, 2.24) is 9.80 Å². The number of hydrogen-bond acceptors (Lipinski definition) is 3. The fourth-order valence-electron chi connectivity index (χ4n) is 4.92. The Morgan fingerprint density at radius 2 is 1.69 bits per heavy atom. The topological polar surface area (TPSA) is 32.8 Å². The molecule has 2 fully saturated rings. The second-order valence-electron chi connectivity index (χ2n) is 8.98. The monoisotopic (exact) mass is 358 g/mol. The molecule has 1 saturated heterocycles. The highest BCUT2D eigenvalue weighted by atomic mass is 16.5. The predicted molar refractivity (Wildman–Crippen MR) is 105 cm³/mol. The van der Waals surface area contributed by atoms with Crippen LogP contribution in [-0.4, -0.2) is 55.6 Å².